The number of hydrogen-bond donors (Lipinski definition) is 0. The number of rotatable bonds is 0. The van der Waals surface area contributed by atoms with Crippen molar-refractivity contribution in [2.24, 2.45) is 0 Å². The lowest BCUT2D eigenvalue weighted by atomic mass is 9.96. The van der Waals surface area contributed by atoms with Crippen molar-refractivity contribution in [2.75, 3.05) is 0 Å². The predicted octanol–water partition coefficient (Wildman–Crippen LogP) is 1.05. The molecule has 0 bridgehead atoms. The lowest BCUT2D eigenvalue weighted by Gasteiger charge is -2.14. The molecule has 0 amide bonds. The van der Waals surface area contributed by atoms with E-state index in [1.165, 1.54) is 5.69 Å². The first-order chi connectivity index (χ1) is 5.77. The van der Waals surface area contributed by atoms with Gasteiger partial charge in [0, 0.05) is 24.5 Å². The van der Waals surface area contributed by atoms with Crippen molar-refractivity contribution in [3.8, 4) is 0 Å². The van der Waals surface area contributed by atoms with E-state index >= 15 is 0 Å². The van der Waals surface area contributed by atoms with Crippen LogP contribution in [-0.2, 0) is 11.3 Å². The van der Waals surface area contributed by atoms with Gasteiger partial charge < -0.3 is 0 Å². The molecule has 1 aromatic rings. The minimum atomic E-state index is 0.339. The fraction of sp³-hybridized carbons (Fsp3) is 0.400. The fourth-order valence-electron chi connectivity index (χ4n) is 1.78. The smallest absolute Gasteiger partial charge is 0.206 e. The summed E-state index contributed by atoms with van der Waals surface area (Å²) >= 11 is 0. The third-order valence-corrected chi connectivity index (χ3v) is 2.36. The van der Waals surface area contributed by atoms with Gasteiger partial charge in [-0.15, -0.1) is 0 Å². The summed E-state index contributed by atoms with van der Waals surface area (Å²) in [4.78, 5) is 11.2. The second kappa shape index (κ2) is 2.70. The van der Waals surface area contributed by atoms with Gasteiger partial charge in [-0.05, 0) is 0 Å². The highest BCUT2D eigenvalue weighted by atomic mass is 16.1. The van der Waals surface area contributed by atoms with Crippen LogP contribution in [0, 0.1) is 0 Å². The number of ketones is 1. The van der Waals surface area contributed by atoms with Crippen LogP contribution in [0.15, 0.2) is 24.4 Å². The summed E-state index contributed by atoms with van der Waals surface area (Å²) < 4.78 is 2.04. The van der Waals surface area contributed by atoms with Gasteiger partial charge in [0.1, 0.15) is 0 Å². The second-order valence-electron chi connectivity index (χ2n) is 3.40. The number of Topliss-reactive ketones (excluding diaryl/α,β-unsaturated/α-hetero) is 1. The Bertz CT molecular complexity index is 319. The number of aromatic nitrogens is 1. The molecule has 2 nitrogen and oxygen atoms in total. The van der Waals surface area contributed by atoms with Gasteiger partial charge in [0.05, 0.1) is 0 Å². The molecule has 1 aromatic heterocycles. The Morgan fingerprint density at radius 3 is 3.17 bits per heavy atom. The quantitative estimate of drug-likeness (QED) is 0.522. The Hall–Kier alpha value is -1.18. The second-order valence-corrected chi connectivity index (χ2v) is 3.40. The Morgan fingerprint density at radius 2 is 2.33 bits per heavy atom. The average Bonchev–Trinajstić information content (AvgIpc) is 2.04. The highest BCUT2D eigenvalue weighted by Crippen LogP contribution is 2.18. The van der Waals surface area contributed by atoms with E-state index in [1.54, 1.807) is 0 Å². The molecule has 2 heterocycles. The van der Waals surface area contributed by atoms with E-state index in [1.807, 2.05) is 22.9 Å². The van der Waals surface area contributed by atoms with Crippen LogP contribution >= 0.6 is 0 Å². The number of pyridine rings is 1. The standard InChI is InChI=1S/C10H12NO/c1-8-6-9(12)7-11-5-3-2-4-10(8)11/h2-5,8H,6-7H2,1H3/q+1. The number of carbonyl (C=O) groups excluding carboxylic acids is 1. The highest BCUT2D eigenvalue weighted by molar-refractivity contribution is 5.78. The van der Waals surface area contributed by atoms with E-state index in [4.69, 9.17) is 0 Å². The van der Waals surface area contributed by atoms with Gasteiger partial charge in [-0.25, -0.2) is 0 Å². The van der Waals surface area contributed by atoms with Gasteiger partial charge in [0.15, 0.2) is 17.7 Å². The van der Waals surface area contributed by atoms with Crippen molar-refractivity contribution < 1.29 is 9.36 Å². The fourth-order valence-corrected chi connectivity index (χ4v) is 1.78. The molecule has 0 fully saturated rings. The van der Waals surface area contributed by atoms with Gasteiger partial charge in [0.2, 0.25) is 6.54 Å². The minimum absolute atomic E-state index is 0.339. The van der Waals surface area contributed by atoms with E-state index < -0.39 is 0 Å². The summed E-state index contributed by atoms with van der Waals surface area (Å²) in [6, 6.07) is 6.09. The molecule has 0 radical (unpaired) electrons. The Labute approximate surface area is 71.8 Å². The van der Waals surface area contributed by atoms with Crippen molar-refractivity contribution >= 4 is 5.78 Å². The van der Waals surface area contributed by atoms with Gasteiger partial charge in [-0.1, -0.05) is 13.0 Å². The van der Waals surface area contributed by atoms with Crippen LogP contribution in [0.2, 0.25) is 0 Å². The zero-order chi connectivity index (χ0) is 8.55. The molecule has 0 aliphatic carbocycles. The summed E-state index contributed by atoms with van der Waals surface area (Å²) in [5.41, 5.74) is 1.28. The Balaban J connectivity index is 2.47. The van der Waals surface area contributed by atoms with E-state index in [9.17, 15) is 4.79 Å². The predicted molar refractivity (Wildman–Crippen MR) is 44.7 cm³/mol. The lowest BCUT2D eigenvalue weighted by molar-refractivity contribution is -0.696. The van der Waals surface area contributed by atoms with E-state index in [2.05, 4.69) is 13.0 Å². The van der Waals surface area contributed by atoms with Gasteiger partial charge in [0.25, 0.3) is 0 Å². The zero-order valence-electron chi connectivity index (χ0n) is 7.16. The molecular weight excluding hydrogens is 150 g/mol. The molecule has 0 saturated heterocycles. The van der Waals surface area contributed by atoms with Crippen LogP contribution in [0.4, 0.5) is 0 Å². The normalized spacial score (nSPS) is 22.1. The SMILES string of the molecule is CC1CC(=O)C[n+]2ccccc21. The first-order valence-corrected chi connectivity index (χ1v) is 4.27. The van der Waals surface area contributed by atoms with Crippen LogP contribution in [0.1, 0.15) is 25.0 Å². The maximum absolute atomic E-state index is 11.2. The molecule has 0 aromatic carbocycles. The molecule has 0 saturated carbocycles. The Morgan fingerprint density at radius 1 is 1.50 bits per heavy atom. The molecule has 0 N–H and O–H groups in total. The Kier molecular flexibility index (Phi) is 1.68. The lowest BCUT2D eigenvalue weighted by Crippen LogP contribution is -2.46. The summed E-state index contributed by atoms with van der Waals surface area (Å²) in [5, 5.41) is 0. The highest BCUT2D eigenvalue weighted by Gasteiger charge is 2.27. The summed E-state index contributed by atoms with van der Waals surface area (Å²) in [5.74, 6) is 0.721. The monoisotopic (exact) mass is 162 g/mol. The van der Waals surface area contributed by atoms with Crippen LogP contribution in [0.3, 0.4) is 0 Å². The van der Waals surface area contributed by atoms with Crippen LogP contribution in [-0.4, -0.2) is 5.78 Å². The van der Waals surface area contributed by atoms with Crippen molar-refractivity contribution in [1.29, 1.82) is 0 Å². The summed E-state index contributed by atoms with van der Waals surface area (Å²) in [7, 11) is 0. The van der Waals surface area contributed by atoms with Gasteiger partial charge in [-0.2, -0.15) is 4.57 Å². The largest absolute Gasteiger partial charge is 0.293 e. The van der Waals surface area contributed by atoms with E-state index in [-0.39, 0.29) is 0 Å². The average molecular weight is 162 g/mol. The molecule has 1 aliphatic rings. The first kappa shape index (κ1) is 7.47. The molecule has 12 heavy (non-hydrogen) atoms. The van der Waals surface area contributed by atoms with Gasteiger partial charge >= 0.3 is 0 Å². The molecule has 1 aliphatic heterocycles. The number of carbonyl (C=O) groups is 1. The number of fused-ring (bicyclic) bond motifs is 1. The summed E-state index contributed by atoms with van der Waals surface area (Å²) in [6.45, 7) is 2.66. The van der Waals surface area contributed by atoms with Crippen LogP contribution < -0.4 is 4.57 Å². The van der Waals surface area contributed by atoms with Crippen LogP contribution in [0.5, 0.6) is 0 Å². The van der Waals surface area contributed by atoms with Crippen molar-refractivity contribution in [3.05, 3.63) is 30.1 Å². The maximum atomic E-state index is 11.2. The molecule has 2 rings (SSSR count). The molecular formula is C10H12NO+. The zero-order valence-corrected chi connectivity index (χ0v) is 7.16. The molecule has 1 atom stereocenters. The minimum Gasteiger partial charge on any atom is -0.293 e. The molecule has 2 heteroatoms. The van der Waals surface area contributed by atoms with Crippen molar-refractivity contribution in [2.45, 2.75) is 25.8 Å². The maximum Gasteiger partial charge on any atom is 0.206 e. The van der Waals surface area contributed by atoms with Crippen molar-refractivity contribution in [1.82, 2.24) is 0 Å². The van der Waals surface area contributed by atoms with E-state index in [0.29, 0.717) is 24.7 Å². The molecule has 1 unspecified atom stereocenters. The molecule has 0 spiro atoms. The third kappa shape index (κ3) is 1.13. The molecule has 62 valence electrons. The third-order valence-electron chi connectivity index (χ3n) is 2.36. The van der Waals surface area contributed by atoms with E-state index in [0.717, 1.165) is 0 Å². The summed E-state index contributed by atoms with van der Waals surface area (Å²) in [6.07, 6.45) is 2.67. The number of nitrogens with zero attached hydrogens (tertiary/aromatic N) is 1. The van der Waals surface area contributed by atoms with Crippen molar-refractivity contribution in [3.63, 3.8) is 0 Å². The van der Waals surface area contributed by atoms with Gasteiger partial charge in [-0.3, -0.25) is 4.79 Å². The van der Waals surface area contributed by atoms with Crippen LogP contribution in [0.25, 0.3) is 0 Å². The topological polar surface area (TPSA) is 20.9 Å². The first-order valence-electron chi connectivity index (χ1n) is 4.27. The number of hydrogen-bond acceptors (Lipinski definition) is 1.